The molecule has 2 aromatic rings. The number of pyridine rings is 1. The summed E-state index contributed by atoms with van der Waals surface area (Å²) in [4.78, 5) is 16.1. The molecule has 1 amide bonds. The van der Waals surface area contributed by atoms with Crippen molar-refractivity contribution in [1.82, 2.24) is 4.98 Å². The predicted octanol–water partition coefficient (Wildman–Crippen LogP) is 2.16. The van der Waals surface area contributed by atoms with Crippen molar-refractivity contribution in [1.29, 1.82) is 0 Å². The van der Waals surface area contributed by atoms with Crippen molar-refractivity contribution in [2.45, 2.75) is 19.9 Å². The molecule has 1 atom stereocenters. The summed E-state index contributed by atoms with van der Waals surface area (Å²) in [6, 6.07) is 8.95. The summed E-state index contributed by atoms with van der Waals surface area (Å²) in [6.07, 6.45) is 1.75. The number of aromatic nitrogens is 1. The van der Waals surface area contributed by atoms with Crippen LogP contribution in [0.1, 0.15) is 13.8 Å². The second kappa shape index (κ2) is 5.14. The highest BCUT2D eigenvalue weighted by Gasteiger charge is 2.17. The highest BCUT2D eigenvalue weighted by atomic mass is 16.2. The average Bonchev–Trinajstić information content (AvgIpc) is 2.37. The topological polar surface area (TPSA) is 68.0 Å². The van der Waals surface area contributed by atoms with Crippen LogP contribution in [0.4, 0.5) is 5.69 Å². The van der Waals surface area contributed by atoms with Gasteiger partial charge in [-0.3, -0.25) is 9.78 Å². The van der Waals surface area contributed by atoms with Crippen molar-refractivity contribution in [3.05, 3.63) is 36.5 Å². The summed E-state index contributed by atoms with van der Waals surface area (Å²) in [5.74, 6) is -0.0413. The molecule has 4 nitrogen and oxygen atoms in total. The Morgan fingerprint density at radius 2 is 2.11 bits per heavy atom. The van der Waals surface area contributed by atoms with E-state index in [0.717, 1.165) is 16.6 Å². The van der Waals surface area contributed by atoms with Crippen LogP contribution in [0.15, 0.2) is 36.5 Å². The van der Waals surface area contributed by atoms with E-state index in [9.17, 15) is 4.79 Å². The molecule has 1 aromatic heterocycles. The predicted molar refractivity (Wildman–Crippen MR) is 73.2 cm³/mol. The summed E-state index contributed by atoms with van der Waals surface area (Å²) < 4.78 is 0. The zero-order valence-corrected chi connectivity index (χ0v) is 10.6. The van der Waals surface area contributed by atoms with E-state index >= 15 is 0 Å². The Morgan fingerprint density at radius 3 is 2.83 bits per heavy atom. The second-order valence-corrected chi connectivity index (χ2v) is 4.67. The molecular weight excluding hydrogens is 226 g/mol. The van der Waals surface area contributed by atoms with Gasteiger partial charge in [-0.15, -0.1) is 0 Å². The second-order valence-electron chi connectivity index (χ2n) is 4.67. The number of fused-ring (bicyclic) bond motifs is 1. The van der Waals surface area contributed by atoms with Crippen LogP contribution in [0.3, 0.4) is 0 Å². The van der Waals surface area contributed by atoms with Gasteiger partial charge in [-0.2, -0.15) is 0 Å². The Bertz CT molecular complexity index is 566. The minimum absolute atomic E-state index is 0.118. The van der Waals surface area contributed by atoms with Crippen LogP contribution in [0.2, 0.25) is 0 Å². The molecule has 0 aliphatic heterocycles. The number of carbonyl (C=O) groups excluding carboxylic acids is 1. The largest absolute Gasteiger partial charge is 0.325 e. The lowest BCUT2D eigenvalue weighted by Gasteiger charge is -2.15. The van der Waals surface area contributed by atoms with E-state index in [4.69, 9.17) is 5.73 Å². The van der Waals surface area contributed by atoms with Crippen molar-refractivity contribution < 1.29 is 4.79 Å². The van der Waals surface area contributed by atoms with Gasteiger partial charge in [-0.05, 0) is 30.2 Å². The van der Waals surface area contributed by atoms with Gasteiger partial charge in [0.2, 0.25) is 5.91 Å². The number of hydrogen-bond donors (Lipinski definition) is 2. The Morgan fingerprint density at radius 1 is 1.33 bits per heavy atom. The highest BCUT2D eigenvalue weighted by molar-refractivity contribution is 5.96. The molecular formula is C14H17N3O. The molecule has 1 aromatic carbocycles. The van der Waals surface area contributed by atoms with Crippen LogP contribution in [-0.4, -0.2) is 16.9 Å². The summed E-state index contributed by atoms with van der Waals surface area (Å²) in [7, 11) is 0. The first-order valence-corrected chi connectivity index (χ1v) is 5.99. The van der Waals surface area contributed by atoms with Crippen LogP contribution in [0, 0.1) is 5.92 Å². The molecule has 0 unspecified atom stereocenters. The lowest BCUT2D eigenvalue weighted by Crippen LogP contribution is -2.39. The van der Waals surface area contributed by atoms with Gasteiger partial charge in [0.1, 0.15) is 0 Å². The van der Waals surface area contributed by atoms with Gasteiger partial charge in [0.05, 0.1) is 11.6 Å². The molecule has 3 N–H and O–H groups in total. The first kappa shape index (κ1) is 12.5. The third-order valence-electron chi connectivity index (χ3n) is 2.89. The Labute approximate surface area is 106 Å². The van der Waals surface area contributed by atoms with Crippen molar-refractivity contribution in [2.24, 2.45) is 11.7 Å². The molecule has 0 aliphatic carbocycles. The van der Waals surface area contributed by atoms with Crippen LogP contribution >= 0.6 is 0 Å². The Hall–Kier alpha value is -1.94. The van der Waals surface area contributed by atoms with Crippen LogP contribution < -0.4 is 11.1 Å². The van der Waals surface area contributed by atoms with Crippen LogP contribution in [0.5, 0.6) is 0 Å². The molecule has 0 spiro atoms. The van der Waals surface area contributed by atoms with Gasteiger partial charge < -0.3 is 11.1 Å². The minimum atomic E-state index is -0.491. The number of hydrogen-bond acceptors (Lipinski definition) is 3. The summed E-state index contributed by atoms with van der Waals surface area (Å²) in [5.41, 5.74) is 7.45. The molecule has 0 bridgehead atoms. The Kier molecular flexibility index (Phi) is 3.58. The SMILES string of the molecule is CC(C)[C@@H](N)C(=O)Nc1ccc2ncccc2c1. The van der Waals surface area contributed by atoms with Crippen molar-refractivity contribution >= 4 is 22.5 Å². The molecule has 0 saturated heterocycles. The number of carbonyl (C=O) groups is 1. The quantitative estimate of drug-likeness (QED) is 0.868. The monoisotopic (exact) mass is 243 g/mol. The lowest BCUT2D eigenvalue weighted by atomic mass is 10.0. The van der Waals surface area contributed by atoms with E-state index in [2.05, 4.69) is 10.3 Å². The highest BCUT2D eigenvalue weighted by Crippen LogP contribution is 2.17. The van der Waals surface area contributed by atoms with Gasteiger partial charge in [0.25, 0.3) is 0 Å². The smallest absolute Gasteiger partial charge is 0.241 e. The van der Waals surface area contributed by atoms with Crippen LogP contribution in [-0.2, 0) is 4.79 Å². The number of nitrogens with zero attached hydrogens (tertiary/aromatic N) is 1. The van der Waals surface area contributed by atoms with Gasteiger partial charge >= 0.3 is 0 Å². The molecule has 2 rings (SSSR count). The minimum Gasteiger partial charge on any atom is -0.325 e. The number of nitrogens with two attached hydrogens (primary N) is 1. The molecule has 0 radical (unpaired) electrons. The molecule has 18 heavy (non-hydrogen) atoms. The summed E-state index contributed by atoms with van der Waals surface area (Å²) in [5, 5.41) is 3.82. The van der Waals surface area contributed by atoms with E-state index in [0.29, 0.717) is 0 Å². The maximum atomic E-state index is 11.8. The Balaban J connectivity index is 2.19. The van der Waals surface area contributed by atoms with Crippen molar-refractivity contribution in [3.63, 3.8) is 0 Å². The number of amides is 1. The average molecular weight is 243 g/mol. The molecule has 1 heterocycles. The first-order valence-electron chi connectivity index (χ1n) is 5.99. The van der Waals surface area contributed by atoms with E-state index in [1.165, 1.54) is 0 Å². The first-order chi connectivity index (χ1) is 8.58. The fraction of sp³-hybridized carbons (Fsp3) is 0.286. The number of rotatable bonds is 3. The van der Waals surface area contributed by atoms with E-state index in [1.807, 2.05) is 44.2 Å². The molecule has 0 aliphatic rings. The fourth-order valence-corrected chi connectivity index (χ4v) is 1.68. The lowest BCUT2D eigenvalue weighted by molar-refractivity contribution is -0.118. The summed E-state index contributed by atoms with van der Waals surface area (Å²) >= 11 is 0. The zero-order chi connectivity index (χ0) is 13.1. The maximum absolute atomic E-state index is 11.8. The normalized spacial score (nSPS) is 12.7. The maximum Gasteiger partial charge on any atom is 0.241 e. The van der Waals surface area contributed by atoms with E-state index in [-0.39, 0.29) is 11.8 Å². The van der Waals surface area contributed by atoms with Crippen LogP contribution in [0.25, 0.3) is 10.9 Å². The van der Waals surface area contributed by atoms with Gasteiger partial charge in [-0.25, -0.2) is 0 Å². The molecule has 4 heteroatoms. The van der Waals surface area contributed by atoms with Gasteiger partial charge in [0.15, 0.2) is 0 Å². The third kappa shape index (κ3) is 2.65. The number of nitrogens with one attached hydrogen (secondary N) is 1. The van der Waals surface area contributed by atoms with Gasteiger partial charge in [0, 0.05) is 17.3 Å². The zero-order valence-electron chi connectivity index (χ0n) is 10.6. The number of anilines is 1. The van der Waals surface area contributed by atoms with Crippen molar-refractivity contribution in [3.8, 4) is 0 Å². The standard InChI is InChI=1S/C14H17N3O/c1-9(2)13(15)14(18)17-11-5-6-12-10(8-11)4-3-7-16-12/h3-9,13H,15H2,1-2H3,(H,17,18)/t13-/m1/s1. The van der Waals surface area contributed by atoms with E-state index < -0.39 is 6.04 Å². The van der Waals surface area contributed by atoms with Gasteiger partial charge in [-0.1, -0.05) is 19.9 Å². The number of benzene rings is 1. The summed E-state index contributed by atoms with van der Waals surface area (Å²) in [6.45, 7) is 3.85. The molecule has 0 saturated carbocycles. The molecule has 94 valence electrons. The van der Waals surface area contributed by atoms with Crippen molar-refractivity contribution in [2.75, 3.05) is 5.32 Å². The molecule has 0 fully saturated rings. The van der Waals surface area contributed by atoms with E-state index in [1.54, 1.807) is 6.20 Å². The third-order valence-corrected chi connectivity index (χ3v) is 2.89. The fourth-order valence-electron chi connectivity index (χ4n) is 1.68.